The van der Waals surface area contributed by atoms with Gasteiger partial charge in [0.2, 0.25) is 0 Å². The van der Waals surface area contributed by atoms with Gasteiger partial charge in [0.05, 0.1) is 0 Å². The van der Waals surface area contributed by atoms with Crippen molar-refractivity contribution in [2.75, 3.05) is 0 Å². The van der Waals surface area contributed by atoms with Crippen molar-refractivity contribution in [3.63, 3.8) is 0 Å². The Balaban J connectivity index is 2.62. The molecule has 1 rings (SSSR count). The van der Waals surface area contributed by atoms with Gasteiger partial charge in [-0.2, -0.15) is 0 Å². The maximum atomic E-state index is 3.71. The molecule has 0 amide bonds. The first-order valence-corrected chi connectivity index (χ1v) is 6.14. The molecule has 1 heteroatoms. The van der Waals surface area contributed by atoms with Gasteiger partial charge in [-0.15, -0.1) is 11.8 Å². The summed E-state index contributed by atoms with van der Waals surface area (Å²) in [6, 6.07) is 0. The lowest BCUT2D eigenvalue weighted by Crippen LogP contribution is -1.83. The summed E-state index contributed by atoms with van der Waals surface area (Å²) in [7, 11) is 0. The second kappa shape index (κ2) is 6.52. The average Bonchev–Trinajstić information content (AvgIpc) is 2.61. The second-order valence-corrected chi connectivity index (χ2v) is 5.02. The number of thioether (sulfide) groups is 1. The van der Waals surface area contributed by atoms with Crippen LogP contribution in [0.5, 0.6) is 0 Å². The number of allylic oxidation sites excluding steroid dienone is 8. The van der Waals surface area contributed by atoms with Crippen LogP contribution in [0.25, 0.3) is 0 Å². The minimum Gasteiger partial charge on any atom is -0.123 e. The SMILES string of the molecule is C=C/C=C(\C=C/C)/C=C/C1=CCC(C)S1. The van der Waals surface area contributed by atoms with Crippen molar-refractivity contribution in [2.24, 2.45) is 0 Å². The van der Waals surface area contributed by atoms with Gasteiger partial charge in [-0.3, -0.25) is 0 Å². The fourth-order valence-corrected chi connectivity index (χ4v) is 2.39. The summed E-state index contributed by atoms with van der Waals surface area (Å²) in [5.74, 6) is 0. The van der Waals surface area contributed by atoms with Crippen LogP contribution >= 0.6 is 11.8 Å². The van der Waals surface area contributed by atoms with Gasteiger partial charge in [0.1, 0.15) is 0 Å². The van der Waals surface area contributed by atoms with Crippen LogP contribution in [0, 0.1) is 0 Å². The monoisotopic (exact) mass is 218 g/mol. The molecule has 0 aromatic rings. The van der Waals surface area contributed by atoms with E-state index in [4.69, 9.17) is 0 Å². The largest absolute Gasteiger partial charge is 0.123 e. The van der Waals surface area contributed by atoms with Crippen LogP contribution in [0.4, 0.5) is 0 Å². The van der Waals surface area contributed by atoms with Crippen LogP contribution < -0.4 is 0 Å². The molecule has 0 radical (unpaired) electrons. The normalized spacial score (nSPS) is 22.7. The van der Waals surface area contributed by atoms with Crippen LogP contribution in [0.15, 0.2) is 59.6 Å². The van der Waals surface area contributed by atoms with E-state index in [1.54, 1.807) is 0 Å². The molecule has 0 fully saturated rings. The third kappa shape index (κ3) is 4.39. The standard InChI is InChI=1S/C14H18S/c1-4-6-13(7-5-2)9-11-14-10-8-12(3)15-14/h4-7,9-12H,1,8H2,2-3H3/b7-5-,11-9+,13-6+. The Morgan fingerprint density at radius 2 is 2.33 bits per heavy atom. The molecular formula is C14H18S. The average molecular weight is 218 g/mol. The predicted molar refractivity (Wildman–Crippen MR) is 72.0 cm³/mol. The number of rotatable bonds is 4. The summed E-state index contributed by atoms with van der Waals surface area (Å²) < 4.78 is 0. The molecule has 1 unspecified atom stereocenters. The van der Waals surface area contributed by atoms with E-state index in [1.807, 2.05) is 36.9 Å². The number of hydrogen-bond acceptors (Lipinski definition) is 1. The quantitative estimate of drug-likeness (QED) is 0.619. The molecular weight excluding hydrogens is 200 g/mol. The highest BCUT2D eigenvalue weighted by atomic mass is 32.2. The van der Waals surface area contributed by atoms with Gasteiger partial charge < -0.3 is 0 Å². The Kier molecular flexibility index (Phi) is 5.27. The Hall–Kier alpha value is -0.950. The second-order valence-electron chi connectivity index (χ2n) is 3.51. The zero-order chi connectivity index (χ0) is 11.1. The van der Waals surface area contributed by atoms with E-state index in [0.29, 0.717) is 0 Å². The first kappa shape index (κ1) is 12.1. The summed E-state index contributed by atoms with van der Waals surface area (Å²) in [6.45, 7) is 7.99. The smallest absolute Gasteiger partial charge is 0.0101 e. The molecule has 0 aromatic heterocycles. The minimum atomic E-state index is 0.734. The van der Waals surface area contributed by atoms with Crippen molar-refractivity contribution in [3.05, 3.63) is 59.6 Å². The van der Waals surface area contributed by atoms with Crippen LogP contribution in [-0.2, 0) is 0 Å². The van der Waals surface area contributed by atoms with E-state index in [9.17, 15) is 0 Å². The lowest BCUT2D eigenvalue weighted by atomic mass is 10.2. The molecule has 1 heterocycles. The maximum absolute atomic E-state index is 3.71. The highest BCUT2D eigenvalue weighted by molar-refractivity contribution is 8.04. The van der Waals surface area contributed by atoms with Crippen molar-refractivity contribution < 1.29 is 0 Å². The van der Waals surface area contributed by atoms with Gasteiger partial charge in [0.15, 0.2) is 0 Å². The predicted octanol–water partition coefficient (Wildman–Crippen LogP) is 4.64. The molecule has 1 atom stereocenters. The summed E-state index contributed by atoms with van der Waals surface area (Å²) >= 11 is 1.94. The lowest BCUT2D eigenvalue weighted by Gasteiger charge is -1.98. The van der Waals surface area contributed by atoms with Crippen molar-refractivity contribution in [2.45, 2.75) is 25.5 Å². The van der Waals surface area contributed by atoms with Crippen LogP contribution in [0.1, 0.15) is 20.3 Å². The summed E-state index contributed by atoms with van der Waals surface area (Å²) in [6.07, 6.45) is 15.8. The molecule has 0 bridgehead atoms. The molecule has 0 saturated heterocycles. The molecule has 0 aromatic carbocycles. The van der Waals surface area contributed by atoms with E-state index < -0.39 is 0 Å². The maximum Gasteiger partial charge on any atom is 0.0101 e. The molecule has 0 aliphatic carbocycles. The van der Waals surface area contributed by atoms with Gasteiger partial charge in [0, 0.05) is 10.2 Å². The third-order valence-corrected chi connectivity index (χ3v) is 3.27. The molecule has 15 heavy (non-hydrogen) atoms. The van der Waals surface area contributed by atoms with E-state index in [2.05, 4.69) is 37.8 Å². The van der Waals surface area contributed by atoms with Crippen LogP contribution in [0.3, 0.4) is 0 Å². The third-order valence-electron chi connectivity index (χ3n) is 2.10. The summed E-state index contributed by atoms with van der Waals surface area (Å²) in [5, 5.41) is 0.734. The Morgan fingerprint density at radius 1 is 1.53 bits per heavy atom. The zero-order valence-electron chi connectivity index (χ0n) is 9.44. The van der Waals surface area contributed by atoms with Gasteiger partial charge in [-0.05, 0) is 25.0 Å². The summed E-state index contributed by atoms with van der Waals surface area (Å²) in [5.41, 5.74) is 1.19. The molecule has 1 aliphatic rings. The van der Waals surface area contributed by atoms with E-state index >= 15 is 0 Å². The van der Waals surface area contributed by atoms with Crippen molar-refractivity contribution in [3.8, 4) is 0 Å². The highest BCUT2D eigenvalue weighted by Gasteiger charge is 2.09. The molecule has 0 N–H and O–H groups in total. The fourth-order valence-electron chi connectivity index (χ4n) is 1.39. The van der Waals surface area contributed by atoms with Gasteiger partial charge >= 0.3 is 0 Å². The Labute approximate surface area is 97.2 Å². The fraction of sp³-hybridized carbons (Fsp3) is 0.286. The summed E-state index contributed by atoms with van der Waals surface area (Å²) in [4.78, 5) is 1.38. The topological polar surface area (TPSA) is 0 Å². The molecule has 0 saturated carbocycles. The Bertz CT molecular complexity index is 329. The van der Waals surface area contributed by atoms with Gasteiger partial charge in [-0.25, -0.2) is 0 Å². The van der Waals surface area contributed by atoms with E-state index in [-0.39, 0.29) is 0 Å². The molecule has 0 nitrogen and oxygen atoms in total. The first-order chi connectivity index (χ1) is 7.26. The Morgan fingerprint density at radius 3 is 2.87 bits per heavy atom. The molecule has 80 valence electrons. The van der Waals surface area contributed by atoms with Crippen molar-refractivity contribution >= 4 is 11.8 Å². The highest BCUT2D eigenvalue weighted by Crippen LogP contribution is 2.32. The van der Waals surface area contributed by atoms with Crippen molar-refractivity contribution in [1.29, 1.82) is 0 Å². The van der Waals surface area contributed by atoms with Crippen LogP contribution in [0.2, 0.25) is 0 Å². The molecule has 1 aliphatic heterocycles. The van der Waals surface area contributed by atoms with Crippen LogP contribution in [-0.4, -0.2) is 5.25 Å². The first-order valence-electron chi connectivity index (χ1n) is 5.26. The molecule has 0 spiro atoms. The zero-order valence-corrected chi connectivity index (χ0v) is 10.3. The van der Waals surface area contributed by atoms with Gasteiger partial charge in [0.25, 0.3) is 0 Å². The number of hydrogen-bond donors (Lipinski definition) is 0. The van der Waals surface area contributed by atoms with Gasteiger partial charge in [-0.1, -0.05) is 50.0 Å². The minimum absolute atomic E-state index is 0.734. The lowest BCUT2D eigenvalue weighted by molar-refractivity contribution is 1.00. The van der Waals surface area contributed by atoms with E-state index in [0.717, 1.165) is 5.25 Å². The van der Waals surface area contributed by atoms with Crippen molar-refractivity contribution in [1.82, 2.24) is 0 Å². The van der Waals surface area contributed by atoms with E-state index in [1.165, 1.54) is 16.9 Å².